The topological polar surface area (TPSA) is 34.2 Å². The molecule has 0 bridgehead atoms. The Kier molecular flexibility index (Phi) is 4.17. The highest BCUT2D eigenvalue weighted by Gasteiger charge is 2.05. The molecule has 0 spiro atoms. The van der Waals surface area contributed by atoms with Gasteiger partial charge in [-0.05, 0) is 51.1 Å². The summed E-state index contributed by atoms with van der Waals surface area (Å²) in [5, 5.41) is 3.14. The fourth-order valence-electron chi connectivity index (χ4n) is 2.09. The molecule has 0 unspecified atom stereocenters. The summed E-state index contributed by atoms with van der Waals surface area (Å²) in [7, 11) is 1.93. The monoisotopic (exact) mass is 256 g/mol. The fourth-order valence-corrected chi connectivity index (χ4v) is 2.09. The van der Waals surface area contributed by atoms with Crippen LogP contribution < -0.4 is 10.1 Å². The van der Waals surface area contributed by atoms with E-state index in [0.29, 0.717) is 5.88 Å². The van der Waals surface area contributed by atoms with E-state index in [2.05, 4.69) is 29.4 Å². The van der Waals surface area contributed by atoms with Gasteiger partial charge in [-0.1, -0.05) is 17.7 Å². The number of nitrogens with one attached hydrogen (secondary N) is 1. The lowest BCUT2D eigenvalue weighted by Gasteiger charge is -2.10. The average Bonchev–Trinajstić information content (AvgIpc) is 2.32. The van der Waals surface area contributed by atoms with Crippen LogP contribution in [-0.2, 0) is 6.54 Å². The number of benzene rings is 1. The highest BCUT2D eigenvalue weighted by molar-refractivity contribution is 5.38. The predicted octanol–water partition coefficient (Wildman–Crippen LogP) is 3.52. The third-order valence-electron chi connectivity index (χ3n) is 2.92. The minimum atomic E-state index is 0.650. The Morgan fingerprint density at radius 3 is 2.58 bits per heavy atom. The molecule has 0 amide bonds. The molecule has 0 aliphatic carbocycles. The summed E-state index contributed by atoms with van der Waals surface area (Å²) in [4.78, 5) is 4.42. The average molecular weight is 256 g/mol. The number of hydrogen-bond donors (Lipinski definition) is 1. The minimum Gasteiger partial charge on any atom is -0.439 e. The molecule has 1 N–H and O–H groups in total. The van der Waals surface area contributed by atoms with Crippen LogP contribution in [0.1, 0.15) is 22.4 Å². The van der Waals surface area contributed by atoms with Gasteiger partial charge in [-0.2, -0.15) is 0 Å². The van der Waals surface area contributed by atoms with Gasteiger partial charge in [0, 0.05) is 18.3 Å². The molecule has 1 aromatic heterocycles. The van der Waals surface area contributed by atoms with E-state index in [1.54, 1.807) is 0 Å². The quantitative estimate of drug-likeness (QED) is 0.908. The Bertz CT molecular complexity index is 579. The van der Waals surface area contributed by atoms with E-state index in [-0.39, 0.29) is 0 Å². The zero-order valence-electron chi connectivity index (χ0n) is 11.9. The SMILES string of the molecule is CNCc1cc(C)nc(Oc2ccc(C)cc2C)c1. The van der Waals surface area contributed by atoms with Gasteiger partial charge in [0.1, 0.15) is 5.75 Å². The predicted molar refractivity (Wildman–Crippen MR) is 77.7 cm³/mol. The Balaban J connectivity index is 2.27. The second-order valence-corrected chi connectivity index (χ2v) is 4.86. The van der Waals surface area contributed by atoms with Crippen molar-refractivity contribution < 1.29 is 4.74 Å². The smallest absolute Gasteiger partial charge is 0.219 e. The molecule has 2 aromatic rings. The van der Waals surface area contributed by atoms with E-state index in [1.807, 2.05) is 39.1 Å². The molecule has 1 aromatic carbocycles. The normalized spacial score (nSPS) is 10.5. The van der Waals surface area contributed by atoms with Gasteiger partial charge in [-0.15, -0.1) is 0 Å². The van der Waals surface area contributed by atoms with Crippen LogP contribution in [0.4, 0.5) is 0 Å². The maximum absolute atomic E-state index is 5.89. The number of hydrogen-bond acceptors (Lipinski definition) is 3. The zero-order chi connectivity index (χ0) is 13.8. The van der Waals surface area contributed by atoms with Crippen molar-refractivity contribution in [3.63, 3.8) is 0 Å². The van der Waals surface area contributed by atoms with E-state index in [1.165, 1.54) is 11.1 Å². The summed E-state index contributed by atoms with van der Waals surface area (Å²) in [5.74, 6) is 1.51. The van der Waals surface area contributed by atoms with Crippen LogP contribution in [0.15, 0.2) is 30.3 Å². The molecule has 3 nitrogen and oxygen atoms in total. The van der Waals surface area contributed by atoms with Gasteiger partial charge in [0.25, 0.3) is 0 Å². The second kappa shape index (κ2) is 5.85. The van der Waals surface area contributed by atoms with Crippen LogP contribution >= 0.6 is 0 Å². The van der Waals surface area contributed by atoms with E-state index < -0.39 is 0 Å². The second-order valence-electron chi connectivity index (χ2n) is 4.86. The van der Waals surface area contributed by atoms with Gasteiger partial charge in [-0.3, -0.25) is 0 Å². The standard InChI is InChI=1S/C16H20N2O/c1-11-5-6-15(12(2)7-11)19-16-9-14(10-17-4)8-13(3)18-16/h5-9,17H,10H2,1-4H3. The molecule has 100 valence electrons. The van der Waals surface area contributed by atoms with Crippen molar-refractivity contribution in [2.75, 3.05) is 7.05 Å². The molecule has 1 heterocycles. The molecular weight excluding hydrogens is 236 g/mol. The largest absolute Gasteiger partial charge is 0.439 e. The Hall–Kier alpha value is -1.87. The van der Waals surface area contributed by atoms with Crippen LogP contribution in [0.25, 0.3) is 0 Å². The summed E-state index contributed by atoms with van der Waals surface area (Å²) in [6.45, 7) is 6.92. The van der Waals surface area contributed by atoms with E-state index in [4.69, 9.17) is 4.74 Å². The molecule has 0 saturated heterocycles. The summed E-state index contributed by atoms with van der Waals surface area (Å²) in [5.41, 5.74) is 4.50. The molecule has 2 rings (SSSR count). The molecule has 0 atom stereocenters. The van der Waals surface area contributed by atoms with E-state index in [0.717, 1.165) is 23.6 Å². The van der Waals surface area contributed by atoms with Gasteiger partial charge in [-0.25, -0.2) is 4.98 Å². The van der Waals surface area contributed by atoms with E-state index >= 15 is 0 Å². The molecule has 0 radical (unpaired) electrons. The summed E-state index contributed by atoms with van der Waals surface area (Å²) in [6.07, 6.45) is 0. The van der Waals surface area contributed by atoms with Crippen LogP contribution in [0.5, 0.6) is 11.6 Å². The first-order chi connectivity index (χ1) is 9.08. The zero-order valence-corrected chi connectivity index (χ0v) is 11.9. The number of aryl methyl sites for hydroxylation is 3. The Morgan fingerprint density at radius 2 is 1.89 bits per heavy atom. The van der Waals surface area contributed by atoms with Gasteiger partial charge in [0.2, 0.25) is 5.88 Å². The van der Waals surface area contributed by atoms with Gasteiger partial charge < -0.3 is 10.1 Å². The molecule has 19 heavy (non-hydrogen) atoms. The first kappa shape index (κ1) is 13.6. The van der Waals surface area contributed by atoms with Gasteiger partial charge >= 0.3 is 0 Å². The minimum absolute atomic E-state index is 0.650. The van der Waals surface area contributed by atoms with E-state index in [9.17, 15) is 0 Å². The van der Waals surface area contributed by atoms with Crippen LogP contribution in [0, 0.1) is 20.8 Å². The highest BCUT2D eigenvalue weighted by Crippen LogP contribution is 2.25. The van der Waals surface area contributed by atoms with Crippen LogP contribution in [0.3, 0.4) is 0 Å². The number of ether oxygens (including phenoxy) is 1. The van der Waals surface area contributed by atoms with Crippen molar-refractivity contribution in [2.45, 2.75) is 27.3 Å². The third-order valence-corrected chi connectivity index (χ3v) is 2.92. The molecule has 0 saturated carbocycles. The van der Waals surface area contributed by atoms with Crippen molar-refractivity contribution in [3.8, 4) is 11.6 Å². The first-order valence-corrected chi connectivity index (χ1v) is 6.46. The molecule has 0 aliphatic heterocycles. The Morgan fingerprint density at radius 1 is 1.11 bits per heavy atom. The number of rotatable bonds is 4. The summed E-state index contributed by atoms with van der Waals surface area (Å²) >= 11 is 0. The van der Waals surface area contributed by atoms with Crippen molar-refractivity contribution in [1.29, 1.82) is 0 Å². The summed E-state index contributed by atoms with van der Waals surface area (Å²) in [6, 6.07) is 10.2. The fraction of sp³-hybridized carbons (Fsp3) is 0.312. The van der Waals surface area contributed by atoms with Crippen LogP contribution in [-0.4, -0.2) is 12.0 Å². The van der Waals surface area contributed by atoms with Gasteiger partial charge in [0.05, 0.1) is 0 Å². The van der Waals surface area contributed by atoms with Gasteiger partial charge in [0.15, 0.2) is 0 Å². The van der Waals surface area contributed by atoms with Crippen molar-refractivity contribution in [2.24, 2.45) is 0 Å². The highest BCUT2D eigenvalue weighted by atomic mass is 16.5. The molecular formula is C16H20N2O. The third kappa shape index (κ3) is 3.55. The first-order valence-electron chi connectivity index (χ1n) is 6.46. The van der Waals surface area contributed by atoms with Crippen molar-refractivity contribution in [1.82, 2.24) is 10.3 Å². The lowest BCUT2D eigenvalue weighted by atomic mass is 10.1. The molecule has 0 fully saturated rings. The Labute approximate surface area is 114 Å². The van der Waals surface area contributed by atoms with Crippen LogP contribution in [0.2, 0.25) is 0 Å². The lowest BCUT2D eigenvalue weighted by Crippen LogP contribution is -2.06. The number of aromatic nitrogens is 1. The summed E-state index contributed by atoms with van der Waals surface area (Å²) < 4.78 is 5.89. The number of pyridine rings is 1. The maximum Gasteiger partial charge on any atom is 0.219 e. The van der Waals surface area contributed by atoms with Crippen molar-refractivity contribution >= 4 is 0 Å². The lowest BCUT2D eigenvalue weighted by molar-refractivity contribution is 0.457. The van der Waals surface area contributed by atoms with Crippen molar-refractivity contribution in [3.05, 3.63) is 52.7 Å². The molecule has 0 aliphatic rings. The molecule has 3 heteroatoms. The number of nitrogens with zero attached hydrogens (tertiary/aromatic N) is 1. The maximum atomic E-state index is 5.89.